The molecule has 0 unspecified atom stereocenters. The monoisotopic (exact) mass is 236 g/mol. The molecule has 5 nitrogen and oxygen atoms in total. The van der Waals surface area contributed by atoms with Gasteiger partial charge in [0.1, 0.15) is 0 Å². The van der Waals surface area contributed by atoms with Crippen LogP contribution in [-0.2, 0) is 9.35 Å². The Bertz CT molecular complexity index is 76.2. The van der Waals surface area contributed by atoms with Gasteiger partial charge < -0.3 is 0 Å². The molecule has 48 valence electrons. The average molecular weight is 235 g/mol. The SMILES string of the molecule is OP1(O)(O)OO1.[KH].[SeH2]. The van der Waals surface area contributed by atoms with E-state index in [0.717, 1.165) is 0 Å². The van der Waals surface area contributed by atoms with Gasteiger partial charge >= 0.3 is 100 Å². The van der Waals surface area contributed by atoms with E-state index < -0.39 is 7.74 Å². The van der Waals surface area contributed by atoms with Crippen molar-refractivity contribution in [2.75, 3.05) is 0 Å². The summed E-state index contributed by atoms with van der Waals surface area (Å²) < 4.78 is 6.76. The van der Waals surface area contributed by atoms with Gasteiger partial charge in [-0.2, -0.15) is 0 Å². The van der Waals surface area contributed by atoms with E-state index in [1.807, 2.05) is 0 Å². The zero-order chi connectivity index (χ0) is 4.86. The van der Waals surface area contributed by atoms with Crippen molar-refractivity contribution in [2.45, 2.75) is 0 Å². The first-order valence-corrected chi connectivity index (χ1v) is 3.06. The van der Waals surface area contributed by atoms with Crippen molar-refractivity contribution in [3.05, 3.63) is 0 Å². The number of hydrogen-bond donors (Lipinski definition) is 3. The van der Waals surface area contributed by atoms with Crippen LogP contribution in [0.4, 0.5) is 0 Å². The first kappa shape index (κ1) is 13.0. The molecular formula is H6KO5PSe. The Labute approximate surface area is 98.5 Å². The maximum atomic E-state index is 7.89. The quantitative estimate of drug-likeness (QED) is 0.187. The van der Waals surface area contributed by atoms with Gasteiger partial charge in [0.05, 0.1) is 0 Å². The van der Waals surface area contributed by atoms with Gasteiger partial charge in [0.25, 0.3) is 0 Å². The van der Waals surface area contributed by atoms with Gasteiger partial charge in [-0.15, -0.1) is 0 Å². The third-order valence-electron chi connectivity index (χ3n) is 0.275. The van der Waals surface area contributed by atoms with Crippen molar-refractivity contribution < 1.29 is 24.0 Å². The van der Waals surface area contributed by atoms with E-state index in [2.05, 4.69) is 9.35 Å². The van der Waals surface area contributed by atoms with Gasteiger partial charge in [0.15, 0.2) is 0 Å². The van der Waals surface area contributed by atoms with Crippen molar-refractivity contribution >= 4 is 76.2 Å². The summed E-state index contributed by atoms with van der Waals surface area (Å²) in [5.74, 6) is 0. The van der Waals surface area contributed by atoms with Crippen molar-refractivity contribution in [3.8, 4) is 0 Å². The predicted octanol–water partition coefficient (Wildman–Crippen LogP) is -2.51. The molecule has 1 aliphatic rings. The van der Waals surface area contributed by atoms with Crippen LogP contribution in [0.25, 0.3) is 0 Å². The summed E-state index contributed by atoms with van der Waals surface area (Å²) in [4.78, 5) is 23.7. The molecule has 0 radical (unpaired) electrons. The van der Waals surface area contributed by atoms with E-state index in [1.54, 1.807) is 0 Å². The Morgan fingerprint density at radius 3 is 1.12 bits per heavy atom. The molecule has 0 aromatic heterocycles. The molecule has 0 aliphatic carbocycles. The van der Waals surface area contributed by atoms with Crippen LogP contribution in [0.5, 0.6) is 0 Å². The van der Waals surface area contributed by atoms with Gasteiger partial charge in [-0.25, -0.2) is 0 Å². The Morgan fingerprint density at radius 1 is 1.00 bits per heavy atom. The van der Waals surface area contributed by atoms with E-state index in [1.165, 1.54) is 0 Å². The zero-order valence-corrected chi connectivity index (χ0v) is 6.10. The normalized spacial score (nSPS) is 32.1. The van der Waals surface area contributed by atoms with E-state index in [4.69, 9.17) is 14.7 Å². The summed E-state index contributed by atoms with van der Waals surface area (Å²) >= 11 is 0. The van der Waals surface area contributed by atoms with Gasteiger partial charge in [-0.3, -0.25) is 0 Å². The summed E-state index contributed by atoms with van der Waals surface area (Å²) in [6.45, 7) is 0. The summed E-state index contributed by atoms with van der Waals surface area (Å²) in [5.41, 5.74) is 0. The van der Waals surface area contributed by atoms with Crippen LogP contribution in [0.15, 0.2) is 0 Å². The second-order valence-electron chi connectivity index (χ2n) is 0.982. The Balaban J connectivity index is 0. The van der Waals surface area contributed by atoms with Crippen LogP contribution in [0.1, 0.15) is 0 Å². The summed E-state index contributed by atoms with van der Waals surface area (Å²) in [6.07, 6.45) is 0. The molecule has 8 heavy (non-hydrogen) atoms. The third-order valence-corrected chi connectivity index (χ3v) is 0.824. The van der Waals surface area contributed by atoms with Crippen LogP contribution >= 0.6 is 7.74 Å². The zero-order valence-electron chi connectivity index (χ0n) is 3.11. The standard InChI is InChI=1S/K.H3O5P.H2Se.H/c;1-6(2,3)4-5-6;;/h;1-3H;1H2;. The van der Waals surface area contributed by atoms with Gasteiger partial charge in [0, 0.05) is 0 Å². The molecule has 8 heteroatoms. The fraction of sp³-hybridized carbons (Fsp3) is 0. The molecule has 0 amide bonds. The third kappa shape index (κ3) is 5.19. The molecule has 0 saturated carbocycles. The van der Waals surface area contributed by atoms with Crippen molar-refractivity contribution in [1.29, 1.82) is 0 Å². The second-order valence-corrected chi connectivity index (χ2v) is 2.95. The predicted molar refractivity (Wildman–Crippen MR) is 31.4 cm³/mol. The first-order chi connectivity index (χ1) is 2.47. The molecule has 1 rings (SSSR count). The van der Waals surface area contributed by atoms with E-state index >= 15 is 0 Å². The van der Waals surface area contributed by atoms with Crippen molar-refractivity contribution in [3.63, 3.8) is 0 Å². The van der Waals surface area contributed by atoms with Crippen LogP contribution in [0.3, 0.4) is 0 Å². The Morgan fingerprint density at radius 2 is 1.12 bits per heavy atom. The van der Waals surface area contributed by atoms with Crippen LogP contribution in [-0.4, -0.2) is 83.1 Å². The van der Waals surface area contributed by atoms with Gasteiger partial charge in [0.2, 0.25) is 0 Å². The molecular weight excluding hydrogens is 229 g/mol. The van der Waals surface area contributed by atoms with Gasteiger partial charge in [-0.05, 0) is 0 Å². The second kappa shape index (κ2) is 3.19. The van der Waals surface area contributed by atoms with Crippen molar-refractivity contribution in [1.82, 2.24) is 0 Å². The summed E-state index contributed by atoms with van der Waals surface area (Å²) in [5, 5.41) is 0. The molecule has 3 N–H and O–H groups in total. The van der Waals surface area contributed by atoms with Crippen LogP contribution in [0, 0.1) is 0 Å². The Kier molecular flexibility index (Phi) is 5.19. The molecule has 0 aromatic carbocycles. The fourth-order valence-corrected chi connectivity index (χ4v) is 0.402. The Hall–Kier alpha value is 2.39. The number of hydrogen-bond acceptors (Lipinski definition) is 5. The molecule has 1 fully saturated rings. The fourth-order valence-electron chi connectivity index (χ4n) is 0.0447. The molecule has 0 aromatic rings. The van der Waals surface area contributed by atoms with Crippen LogP contribution in [0.2, 0.25) is 0 Å². The first-order valence-electron chi connectivity index (χ1n) is 1.13. The van der Waals surface area contributed by atoms with Crippen LogP contribution < -0.4 is 0 Å². The molecule has 1 saturated heterocycles. The average Bonchev–Trinajstić information content (AvgIpc) is 1.73. The molecule has 0 bridgehead atoms. The van der Waals surface area contributed by atoms with Crippen molar-refractivity contribution in [2.24, 2.45) is 0 Å². The minimum atomic E-state index is -4.80. The molecule has 0 atom stereocenters. The topological polar surface area (TPSA) is 85.8 Å². The maximum absolute atomic E-state index is 7.89. The van der Waals surface area contributed by atoms with Gasteiger partial charge in [-0.1, -0.05) is 0 Å². The van der Waals surface area contributed by atoms with E-state index in [-0.39, 0.29) is 68.5 Å². The molecule has 1 aliphatic heterocycles. The number of rotatable bonds is 0. The van der Waals surface area contributed by atoms with E-state index in [0.29, 0.717) is 0 Å². The molecule has 0 spiro atoms. The molecule has 1 heterocycles. The summed E-state index contributed by atoms with van der Waals surface area (Å²) in [7, 11) is -4.80. The minimum absolute atomic E-state index is 0. The van der Waals surface area contributed by atoms with E-state index in [9.17, 15) is 0 Å². The summed E-state index contributed by atoms with van der Waals surface area (Å²) in [6, 6.07) is 0.